The molecule has 1 saturated carbocycles. The summed E-state index contributed by atoms with van der Waals surface area (Å²) >= 11 is 0. The van der Waals surface area contributed by atoms with E-state index in [0.29, 0.717) is 24.5 Å². The predicted molar refractivity (Wildman–Crippen MR) is 82.9 cm³/mol. The summed E-state index contributed by atoms with van der Waals surface area (Å²) in [5.41, 5.74) is 1.23. The smallest absolute Gasteiger partial charge is 0.118 e. The Morgan fingerprint density at radius 2 is 1.85 bits per heavy atom. The maximum absolute atomic E-state index is 6.25. The van der Waals surface area contributed by atoms with Gasteiger partial charge < -0.3 is 9.47 Å². The fourth-order valence-corrected chi connectivity index (χ4v) is 3.23. The van der Waals surface area contributed by atoms with E-state index < -0.39 is 0 Å². The molecule has 0 aliphatic heterocycles. The fourth-order valence-electron chi connectivity index (χ4n) is 3.23. The van der Waals surface area contributed by atoms with E-state index >= 15 is 0 Å². The van der Waals surface area contributed by atoms with Crippen molar-refractivity contribution in [2.24, 2.45) is 17.8 Å². The molecule has 0 amide bonds. The van der Waals surface area contributed by atoms with Gasteiger partial charge in [-0.3, -0.25) is 0 Å². The summed E-state index contributed by atoms with van der Waals surface area (Å²) in [6.07, 6.45) is 4.29. The van der Waals surface area contributed by atoms with Gasteiger partial charge in [0.15, 0.2) is 0 Å². The van der Waals surface area contributed by atoms with Gasteiger partial charge in [-0.2, -0.15) is 0 Å². The minimum Gasteiger partial charge on any atom is -0.497 e. The molecule has 0 aromatic heterocycles. The molecule has 1 aliphatic rings. The zero-order chi connectivity index (χ0) is 14.5. The van der Waals surface area contributed by atoms with Crippen molar-refractivity contribution >= 4 is 0 Å². The van der Waals surface area contributed by atoms with Crippen LogP contribution in [0.15, 0.2) is 24.3 Å². The summed E-state index contributed by atoms with van der Waals surface area (Å²) in [5, 5.41) is 0. The number of methoxy groups -OCH3 is 1. The van der Waals surface area contributed by atoms with Crippen LogP contribution in [-0.2, 0) is 11.3 Å². The molecule has 0 spiro atoms. The van der Waals surface area contributed by atoms with Crippen LogP contribution < -0.4 is 4.74 Å². The molecule has 2 nitrogen and oxygen atoms in total. The second-order valence-electron chi connectivity index (χ2n) is 6.52. The molecule has 1 aromatic rings. The maximum Gasteiger partial charge on any atom is 0.118 e. The molecule has 3 atom stereocenters. The van der Waals surface area contributed by atoms with Crippen LogP contribution in [0.25, 0.3) is 0 Å². The molecule has 0 heterocycles. The Hall–Kier alpha value is -1.02. The topological polar surface area (TPSA) is 18.5 Å². The first-order chi connectivity index (χ1) is 9.60. The monoisotopic (exact) mass is 276 g/mol. The summed E-state index contributed by atoms with van der Waals surface area (Å²) in [6, 6.07) is 8.19. The van der Waals surface area contributed by atoms with E-state index in [-0.39, 0.29) is 0 Å². The Balaban J connectivity index is 1.92. The average Bonchev–Trinajstić information content (AvgIpc) is 2.45. The van der Waals surface area contributed by atoms with Crippen molar-refractivity contribution < 1.29 is 9.47 Å². The molecular weight excluding hydrogens is 248 g/mol. The molecule has 1 aromatic carbocycles. The Labute approximate surface area is 123 Å². The quantitative estimate of drug-likeness (QED) is 0.778. The van der Waals surface area contributed by atoms with Crippen LogP contribution >= 0.6 is 0 Å². The maximum atomic E-state index is 6.25. The number of ether oxygens (including phenoxy) is 2. The van der Waals surface area contributed by atoms with Crippen molar-refractivity contribution in [3.8, 4) is 5.75 Å². The molecule has 0 saturated heterocycles. The van der Waals surface area contributed by atoms with Gasteiger partial charge in [0, 0.05) is 0 Å². The zero-order valence-electron chi connectivity index (χ0n) is 13.3. The lowest BCUT2D eigenvalue weighted by Gasteiger charge is -2.37. The van der Waals surface area contributed by atoms with Crippen molar-refractivity contribution in [3.63, 3.8) is 0 Å². The lowest BCUT2D eigenvalue weighted by atomic mass is 9.75. The van der Waals surface area contributed by atoms with Gasteiger partial charge in [-0.1, -0.05) is 39.3 Å². The fraction of sp³-hybridized carbons (Fsp3) is 0.667. The third-order valence-corrected chi connectivity index (χ3v) is 4.58. The van der Waals surface area contributed by atoms with E-state index in [2.05, 4.69) is 32.9 Å². The lowest BCUT2D eigenvalue weighted by molar-refractivity contribution is -0.0472. The summed E-state index contributed by atoms with van der Waals surface area (Å²) < 4.78 is 11.4. The van der Waals surface area contributed by atoms with E-state index in [1.165, 1.54) is 24.8 Å². The third kappa shape index (κ3) is 3.99. The van der Waals surface area contributed by atoms with Crippen LogP contribution in [-0.4, -0.2) is 13.2 Å². The second kappa shape index (κ2) is 7.12. The average molecular weight is 276 g/mol. The Bertz CT molecular complexity index is 396. The van der Waals surface area contributed by atoms with Crippen molar-refractivity contribution in [1.82, 2.24) is 0 Å². The highest BCUT2D eigenvalue weighted by molar-refractivity contribution is 5.26. The van der Waals surface area contributed by atoms with Gasteiger partial charge in [0.1, 0.15) is 5.75 Å². The largest absolute Gasteiger partial charge is 0.497 e. The highest BCUT2D eigenvalue weighted by atomic mass is 16.5. The third-order valence-electron chi connectivity index (χ3n) is 4.58. The van der Waals surface area contributed by atoms with E-state index in [1.807, 2.05) is 12.1 Å². The highest BCUT2D eigenvalue weighted by Crippen LogP contribution is 2.35. The normalized spacial score (nSPS) is 26.8. The number of benzene rings is 1. The highest BCUT2D eigenvalue weighted by Gasteiger charge is 2.31. The second-order valence-corrected chi connectivity index (χ2v) is 6.52. The van der Waals surface area contributed by atoms with Crippen molar-refractivity contribution in [3.05, 3.63) is 29.8 Å². The molecule has 1 aliphatic carbocycles. The molecule has 20 heavy (non-hydrogen) atoms. The Morgan fingerprint density at radius 1 is 1.15 bits per heavy atom. The molecule has 0 bridgehead atoms. The van der Waals surface area contributed by atoms with E-state index in [9.17, 15) is 0 Å². The van der Waals surface area contributed by atoms with E-state index in [4.69, 9.17) is 9.47 Å². The van der Waals surface area contributed by atoms with Crippen molar-refractivity contribution in [2.45, 2.75) is 52.7 Å². The van der Waals surface area contributed by atoms with Gasteiger partial charge >= 0.3 is 0 Å². The number of hydrogen-bond acceptors (Lipinski definition) is 2. The Kier molecular flexibility index (Phi) is 5.47. The summed E-state index contributed by atoms with van der Waals surface area (Å²) in [5.74, 6) is 3.12. The van der Waals surface area contributed by atoms with Crippen molar-refractivity contribution in [2.75, 3.05) is 7.11 Å². The standard InChI is InChI=1S/C18H28O2/c1-13(2)17-10-5-14(3)11-18(17)20-12-15-6-8-16(19-4)9-7-15/h6-9,13-14,17-18H,5,10-12H2,1-4H3. The number of rotatable bonds is 5. The Morgan fingerprint density at radius 3 is 2.45 bits per heavy atom. The SMILES string of the molecule is COc1ccc(COC2CC(C)CCC2C(C)C)cc1. The van der Waals surface area contributed by atoms with Gasteiger partial charge in [-0.15, -0.1) is 0 Å². The first kappa shape index (κ1) is 15.4. The zero-order valence-corrected chi connectivity index (χ0v) is 13.3. The van der Waals surface area contributed by atoms with Crippen LogP contribution in [0.4, 0.5) is 0 Å². The van der Waals surface area contributed by atoms with Crippen LogP contribution in [0.1, 0.15) is 45.6 Å². The summed E-state index contributed by atoms with van der Waals surface area (Å²) in [7, 11) is 1.70. The van der Waals surface area contributed by atoms with Crippen LogP contribution in [0.3, 0.4) is 0 Å². The lowest BCUT2D eigenvalue weighted by Crippen LogP contribution is -2.34. The molecule has 2 rings (SSSR count). The molecule has 0 N–H and O–H groups in total. The first-order valence-corrected chi connectivity index (χ1v) is 7.84. The molecule has 112 valence electrons. The summed E-state index contributed by atoms with van der Waals surface area (Å²) in [6.45, 7) is 7.71. The van der Waals surface area contributed by atoms with Gasteiger partial charge in [0.2, 0.25) is 0 Å². The van der Waals surface area contributed by atoms with Crippen LogP contribution in [0, 0.1) is 17.8 Å². The molecular formula is C18H28O2. The molecule has 0 radical (unpaired) electrons. The van der Waals surface area contributed by atoms with E-state index in [0.717, 1.165) is 11.7 Å². The van der Waals surface area contributed by atoms with Crippen LogP contribution in [0.5, 0.6) is 5.75 Å². The number of hydrogen-bond donors (Lipinski definition) is 0. The molecule has 2 heteroatoms. The predicted octanol–water partition coefficient (Wildman–Crippen LogP) is 4.67. The van der Waals surface area contributed by atoms with Gasteiger partial charge in [-0.05, 0) is 48.3 Å². The summed E-state index contributed by atoms with van der Waals surface area (Å²) in [4.78, 5) is 0. The van der Waals surface area contributed by atoms with Crippen LogP contribution in [0.2, 0.25) is 0 Å². The van der Waals surface area contributed by atoms with Gasteiger partial charge in [-0.25, -0.2) is 0 Å². The molecule has 1 fully saturated rings. The van der Waals surface area contributed by atoms with E-state index in [1.54, 1.807) is 7.11 Å². The minimum atomic E-state index is 0.417. The van der Waals surface area contributed by atoms with Gasteiger partial charge in [0.05, 0.1) is 19.8 Å². The molecule has 3 unspecified atom stereocenters. The minimum absolute atomic E-state index is 0.417. The first-order valence-electron chi connectivity index (χ1n) is 7.84. The van der Waals surface area contributed by atoms with Gasteiger partial charge in [0.25, 0.3) is 0 Å². The van der Waals surface area contributed by atoms with Crippen molar-refractivity contribution in [1.29, 1.82) is 0 Å².